The van der Waals surface area contributed by atoms with Crippen molar-refractivity contribution >= 4 is 29.2 Å². The fourth-order valence-corrected chi connectivity index (χ4v) is 3.76. The highest BCUT2D eigenvalue weighted by molar-refractivity contribution is 6.33. The molecular weight excluding hydrogens is 434 g/mol. The second kappa shape index (κ2) is 9.31. The molecule has 0 aliphatic carbocycles. The van der Waals surface area contributed by atoms with Gasteiger partial charge in [0.1, 0.15) is 5.69 Å². The number of anilines is 1. The molecule has 0 aromatic carbocycles. The third kappa shape index (κ3) is 4.70. The van der Waals surface area contributed by atoms with E-state index >= 15 is 0 Å². The number of amides is 2. The van der Waals surface area contributed by atoms with Gasteiger partial charge in [-0.3, -0.25) is 19.7 Å². The van der Waals surface area contributed by atoms with Gasteiger partial charge in [0.05, 0.1) is 35.9 Å². The summed E-state index contributed by atoms with van der Waals surface area (Å²) in [6.45, 7) is 2.75. The van der Waals surface area contributed by atoms with Crippen LogP contribution in [0.15, 0.2) is 30.7 Å². The lowest BCUT2D eigenvalue weighted by Gasteiger charge is -2.30. The van der Waals surface area contributed by atoms with Crippen LogP contribution in [0.5, 0.6) is 5.88 Å². The number of methoxy groups -OCH3 is 1. The van der Waals surface area contributed by atoms with E-state index in [1.165, 1.54) is 19.5 Å². The summed E-state index contributed by atoms with van der Waals surface area (Å²) < 4.78 is 5.13. The molecule has 32 heavy (non-hydrogen) atoms. The van der Waals surface area contributed by atoms with Crippen LogP contribution in [0, 0.1) is 12.8 Å². The van der Waals surface area contributed by atoms with Crippen LogP contribution < -0.4 is 10.1 Å². The van der Waals surface area contributed by atoms with Gasteiger partial charge in [-0.25, -0.2) is 9.97 Å². The number of H-pyrrole nitrogens is 1. The maximum Gasteiger partial charge on any atom is 0.271 e. The summed E-state index contributed by atoms with van der Waals surface area (Å²) in [6.07, 6.45) is 5.74. The number of hydrogen-bond donors (Lipinski definition) is 2. The summed E-state index contributed by atoms with van der Waals surface area (Å²) >= 11 is 6.22. The Labute approximate surface area is 189 Å². The minimum absolute atomic E-state index is 0.109. The highest BCUT2D eigenvalue weighted by Crippen LogP contribution is 2.29. The third-order valence-corrected chi connectivity index (χ3v) is 5.58. The number of nitrogens with one attached hydrogen (secondary N) is 2. The number of nitrogens with zero attached hydrogens (tertiary/aromatic N) is 5. The Bertz CT molecular complexity index is 1140. The number of halogens is 1. The van der Waals surface area contributed by atoms with Gasteiger partial charge in [-0.05, 0) is 25.8 Å². The highest BCUT2D eigenvalue weighted by atomic mass is 35.5. The summed E-state index contributed by atoms with van der Waals surface area (Å²) in [5.74, 6) is 0.357. The van der Waals surface area contributed by atoms with Gasteiger partial charge in [0, 0.05) is 36.8 Å². The van der Waals surface area contributed by atoms with E-state index in [0.717, 1.165) is 5.69 Å². The van der Waals surface area contributed by atoms with Gasteiger partial charge in [-0.2, -0.15) is 5.10 Å². The second-order valence-electron chi connectivity index (χ2n) is 7.47. The summed E-state index contributed by atoms with van der Waals surface area (Å²) in [4.78, 5) is 39.5. The van der Waals surface area contributed by atoms with E-state index in [-0.39, 0.29) is 17.7 Å². The van der Waals surface area contributed by atoms with Crippen molar-refractivity contribution in [3.8, 4) is 17.1 Å². The molecule has 0 radical (unpaired) electrons. The van der Waals surface area contributed by atoms with Crippen molar-refractivity contribution in [1.82, 2.24) is 30.0 Å². The number of carbonyl (C=O) groups is 2. The Morgan fingerprint density at radius 1 is 1.22 bits per heavy atom. The first kappa shape index (κ1) is 21.7. The van der Waals surface area contributed by atoms with Crippen LogP contribution in [0.4, 0.5) is 5.82 Å². The number of hydrogen-bond acceptors (Lipinski definition) is 7. The molecule has 4 rings (SSSR count). The maximum absolute atomic E-state index is 12.9. The zero-order chi connectivity index (χ0) is 22.7. The van der Waals surface area contributed by atoms with E-state index in [1.807, 2.05) is 6.92 Å². The molecule has 0 saturated carbocycles. The molecule has 10 nitrogen and oxygen atoms in total. The fraction of sp³-hybridized carbons (Fsp3) is 0.333. The van der Waals surface area contributed by atoms with Crippen LogP contribution in [-0.2, 0) is 4.79 Å². The van der Waals surface area contributed by atoms with Crippen LogP contribution in [0.25, 0.3) is 11.3 Å². The van der Waals surface area contributed by atoms with E-state index in [1.54, 1.807) is 23.2 Å². The molecular formula is C21H22ClN7O3. The molecule has 1 fully saturated rings. The van der Waals surface area contributed by atoms with Crippen molar-refractivity contribution in [2.75, 3.05) is 25.5 Å². The average molecular weight is 456 g/mol. The van der Waals surface area contributed by atoms with Crippen LogP contribution in [0.3, 0.4) is 0 Å². The number of likely N-dealkylation sites (tertiary alicyclic amines) is 1. The van der Waals surface area contributed by atoms with Crippen LogP contribution in [0.1, 0.15) is 29.0 Å². The molecule has 1 aliphatic heterocycles. The van der Waals surface area contributed by atoms with Gasteiger partial charge in [-0.15, -0.1) is 0 Å². The maximum atomic E-state index is 12.9. The van der Waals surface area contributed by atoms with Gasteiger partial charge in [0.25, 0.3) is 5.91 Å². The molecule has 1 saturated heterocycles. The normalized spacial score (nSPS) is 14.3. The van der Waals surface area contributed by atoms with Crippen molar-refractivity contribution in [2.45, 2.75) is 19.8 Å². The standard InChI is InChI=1S/C21H22ClN7O3/c1-12-9-23-11-18(25-12)26-20(30)13-3-5-29(6-4-13)21(31)17-8-16(27-28-17)14-7-19(32-2)24-10-15(14)22/h7-11,13H,3-6H2,1-2H3,(H,27,28)(H,25,26,30). The molecule has 166 valence electrons. The van der Waals surface area contributed by atoms with Crippen LogP contribution in [0.2, 0.25) is 5.02 Å². The topological polar surface area (TPSA) is 126 Å². The molecule has 3 aromatic rings. The molecule has 1 aliphatic rings. The van der Waals surface area contributed by atoms with Gasteiger partial charge in [0.15, 0.2) is 5.82 Å². The van der Waals surface area contributed by atoms with Crippen LogP contribution in [-0.4, -0.2) is 62.1 Å². The number of rotatable bonds is 5. The summed E-state index contributed by atoms with van der Waals surface area (Å²) in [5.41, 5.74) is 2.22. The third-order valence-electron chi connectivity index (χ3n) is 5.28. The molecule has 2 N–H and O–H groups in total. The number of aromatic amines is 1. The van der Waals surface area contributed by atoms with Crippen molar-refractivity contribution in [1.29, 1.82) is 0 Å². The molecule has 0 unspecified atom stereocenters. The lowest BCUT2D eigenvalue weighted by Crippen LogP contribution is -2.41. The van der Waals surface area contributed by atoms with Crippen molar-refractivity contribution in [2.24, 2.45) is 5.92 Å². The SMILES string of the molecule is COc1cc(-c2cc(C(=O)N3CCC(C(=O)Nc4cncc(C)n4)CC3)[nH]n2)c(Cl)cn1. The fourth-order valence-electron chi connectivity index (χ4n) is 3.56. The highest BCUT2D eigenvalue weighted by Gasteiger charge is 2.29. The van der Waals surface area contributed by atoms with E-state index in [2.05, 4.69) is 30.5 Å². The summed E-state index contributed by atoms with van der Waals surface area (Å²) in [7, 11) is 1.51. The second-order valence-corrected chi connectivity index (χ2v) is 7.88. The molecule has 0 atom stereocenters. The molecule has 0 spiro atoms. The Morgan fingerprint density at radius 2 is 2.00 bits per heavy atom. The summed E-state index contributed by atoms with van der Waals surface area (Å²) in [6, 6.07) is 3.31. The lowest BCUT2D eigenvalue weighted by atomic mass is 9.95. The monoisotopic (exact) mass is 455 g/mol. The van der Waals surface area contributed by atoms with Gasteiger partial charge < -0.3 is 15.0 Å². The first-order valence-electron chi connectivity index (χ1n) is 10.1. The average Bonchev–Trinajstić information content (AvgIpc) is 3.29. The van der Waals surface area contributed by atoms with E-state index in [4.69, 9.17) is 16.3 Å². The Hall–Kier alpha value is -3.53. The Kier molecular flexibility index (Phi) is 6.31. The van der Waals surface area contributed by atoms with E-state index < -0.39 is 0 Å². The molecule has 3 aromatic heterocycles. The molecule has 4 heterocycles. The Balaban J connectivity index is 1.37. The predicted molar refractivity (Wildman–Crippen MR) is 117 cm³/mol. The minimum atomic E-state index is -0.193. The van der Waals surface area contributed by atoms with E-state index in [9.17, 15) is 9.59 Å². The zero-order valence-electron chi connectivity index (χ0n) is 17.6. The first-order valence-corrected chi connectivity index (χ1v) is 10.5. The number of piperidine rings is 1. The molecule has 2 amide bonds. The molecule has 11 heteroatoms. The van der Waals surface area contributed by atoms with Crippen LogP contribution >= 0.6 is 11.6 Å². The van der Waals surface area contributed by atoms with Gasteiger partial charge >= 0.3 is 0 Å². The van der Waals surface area contributed by atoms with Gasteiger partial charge in [0.2, 0.25) is 11.8 Å². The van der Waals surface area contributed by atoms with Crippen molar-refractivity contribution < 1.29 is 14.3 Å². The summed E-state index contributed by atoms with van der Waals surface area (Å²) in [5, 5.41) is 10.2. The number of carbonyl (C=O) groups excluding carboxylic acids is 2. The number of aryl methyl sites for hydroxylation is 1. The quantitative estimate of drug-likeness (QED) is 0.605. The van der Waals surface area contributed by atoms with Crippen molar-refractivity contribution in [3.63, 3.8) is 0 Å². The van der Waals surface area contributed by atoms with Gasteiger partial charge in [-0.1, -0.05) is 11.6 Å². The number of ether oxygens (including phenoxy) is 1. The predicted octanol–water partition coefficient (Wildman–Crippen LogP) is 2.72. The van der Waals surface area contributed by atoms with E-state index in [0.29, 0.717) is 59.6 Å². The lowest BCUT2D eigenvalue weighted by molar-refractivity contribution is -0.121. The molecule has 0 bridgehead atoms. The first-order chi connectivity index (χ1) is 15.4. The number of pyridine rings is 1. The number of aromatic nitrogens is 5. The zero-order valence-corrected chi connectivity index (χ0v) is 18.4. The Morgan fingerprint density at radius 3 is 2.72 bits per heavy atom. The minimum Gasteiger partial charge on any atom is -0.481 e. The smallest absolute Gasteiger partial charge is 0.271 e. The van der Waals surface area contributed by atoms with Crippen molar-refractivity contribution in [3.05, 3.63) is 47.1 Å². The largest absolute Gasteiger partial charge is 0.481 e.